The van der Waals surface area contributed by atoms with Crippen LogP contribution in [0.2, 0.25) is 0 Å². The summed E-state index contributed by atoms with van der Waals surface area (Å²) in [6.07, 6.45) is 4.26. The van der Waals surface area contributed by atoms with E-state index in [9.17, 15) is 17.6 Å². The van der Waals surface area contributed by atoms with Gasteiger partial charge in [-0.05, 0) is 61.2 Å². The van der Waals surface area contributed by atoms with Crippen molar-refractivity contribution in [2.45, 2.75) is 31.2 Å². The molecule has 1 fully saturated rings. The van der Waals surface area contributed by atoms with Gasteiger partial charge in [-0.3, -0.25) is 9.78 Å². The standard InChI is InChI=1S/C19H22FN3O3S/c1-14-12-17(2-3-18(14)20)27(25,26)23-10-6-16(7-11-23)19(24)22-13-15-4-8-21-9-5-15/h2-5,8-9,12,16H,6-7,10-11,13H2,1H3,(H,22,24). The van der Waals surface area contributed by atoms with Crippen LogP contribution in [0, 0.1) is 18.7 Å². The number of aromatic nitrogens is 1. The number of rotatable bonds is 5. The maximum absolute atomic E-state index is 13.4. The molecule has 2 aromatic rings. The van der Waals surface area contributed by atoms with Gasteiger partial charge in [-0.25, -0.2) is 12.8 Å². The normalized spacial score (nSPS) is 16.2. The van der Waals surface area contributed by atoms with Crippen LogP contribution in [0.25, 0.3) is 0 Å². The van der Waals surface area contributed by atoms with E-state index in [1.54, 1.807) is 12.4 Å². The summed E-state index contributed by atoms with van der Waals surface area (Å²) in [6.45, 7) is 2.50. The zero-order valence-corrected chi connectivity index (χ0v) is 15.9. The SMILES string of the molecule is Cc1cc(S(=O)(=O)N2CCC(C(=O)NCc3ccncc3)CC2)ccc1F. The Morgan fingerprint density at radius 3 is 2.52 bits per heavy atom. The van der Waals surface area contributed by atoms with E-state index in [0.717, 1.165) is 5.56 Å². The maximum Gasteiger partial charge on any atom is 0.243 e. The molecule has 0 saturated carbocycles. The van der Waals surface area contributed by atoms with Crippen LogP contribution in [0.3, 0.4) is 0 Å². The van der Waals surface area contributed by atoms with Gasteiger partial charge in [0, 0.05) is 37.9 Å². The number of amides is 1. The van der Waals surface area contributed by atoms with Gasteiger partial charge in [-0.15, -0.1) is 0 Å². The van der Waals surface area contributed by atoms with Gasteiger partial charge in [0.2, 0.25) is 15.9 Å². The molecule has 0 atom stereocenters. The van der Waals surface area contributed by atoms with E-state index >= 15 is 0 Å². The molecule has 144 valence electrons. The van der Waals surface area contributed by atoms with Gasteiger partial charge < -0.3 is 5.32 Å². The third kappa shape index (κ3) is 4.51. The molecule has 1 aromatic heterocycles. The summed E-state index contributed by atoms with van der Waals surface area (Å²) in [6, 6.07) is 7.46. The molecule has 0 radical (unpaired) electrons. The lowest BCUT2D eigenvalue weighted by atomic mass is 9.97. The minimum atomic E-state index is -3.68. The second kappa shape index (κ2) is 8.14. The number of nitrogens with one attached hydrogen (secondary N) is 1. The Morgan fingerprint density at radius 2 is 1.89 bits per heavy atom. The fourth-order valence-corrected chi connectivity index (χ4v) is 4.67. The molecule has 3 rings (SSSR count). The molecule has 1 saturated heterocycles. The van der Waals surface area contributed by atoms with Crippen molar-refractivity contribution < 1.29 is 17.6 Å². The van der Waals surface area contributed by atoms with Crippen molar-refractivity contribution in [1.82, 2.24) is 14.6 Å². The van der Waals surface area contributed by atoms with Crippen LogP contribution in [0.5, 0.6) is 0 Å². The Kier molecular flexibility index (Phi) is 5.86. The van der Waals surface area contributed by atoms with Crippen molar-refractivity contribution in [2.24, 2.45) is 5.92 Å². The first kappa shape index (κ1) is 19.4. The Labute approximate surface area is 158 Å². The third-order valence-electron chi connectivity index (χ3n) is 4.81. The zero-order valence-electron chi connectivity index (χ0n) is 15.1. The molecular weight excluding hydrogens is 369 g/mol. The molecule has 0 bridgehead atoms. The molecule has 1 N–H and O–H groups in total. The molecular formula is C19H22FN3O3S. The lowest BCUT2D eigenvalue weighted by Crippen LogP contribution is -2.42. The molecule has 1 aliphatic rings. The zero-order chi connectivity index (χ0) is 19.4. The Balaban J connectivity index is 1.57. The molecule has 1 aromatic carbocycles. The quantitative estimate of drug-likeness (QED) is 0.848. The van der Waals surface area contributed by atoms with Crippen molar-refractivity contribution >= 4 is 15.9 Å². The first-order chi connectivity index (χ1) is 12.9. The smallest absolute Gasteiger partial charge is 0.243 e. The predicted molar refractivity (Wildman–Crippen MR) is 98.7 cm³/mol. The third-order valence-corrected chi connectivity index (χ3v) is 6.70. The van der Waals surface area contributed by atoms with Crippen molar-refractivity contribution in [3.8, 4) is 0 Å². The number of piperidine rings is 1. The number of nitrogens with zero attached hydrogens (tertiary/aromatic N) is 2. The number of carbonyl (C=O) groups is 1. The fourth-order valence-electron chi connectivity index (χ4n) is 3.12. The minimum absolute atomic E-state index is 0.0681. The van der Waals surface area contributed by atoms with E-state index in [0.29, 0.717) is 24.9 Å². The predicted octanol–water partition coefficient (Wildman–Crippen LogP) is 2.25. The van der Waals surface area contributed by atoms with Crippen LogP contribution < -0.4 is 5.32 Å². The summed E-state index contributed by atoms with van der Waals surface area (Å²) in [5, 5.41) is 2.89. The molecule has 6 nitrogen and oxygen atoms in total. The van der Waals surface area contributed by atoms with Crippen LogP contribution in [-0.4, -0.2) is 36.7 Å². The highest BCUT2D eigenvalue weighted by Crippen LogP contribution is 2.25. The van der Waals surface area contributed by atoms with Crippen LogP contribution >= 0.6 is 0 Å². The average Bonchev–Trinajstić information content (AvgIpc) is 2.69. The fraction of sp³-hybridized carbons (Fsp3) is 0.368. The number of hydrogen-bond acceptors (Lipinski definition) is 4. The molecule has 0 aliphatic carbocycles. The van der Waals surface area contributed by atoms with E-state index in [1.807, 2.05) is 12.1 Å². The van der Waals surface area contributed by atoms with Gasteiger partial charge in [0.05, 0.1) is 4.90 Å². The summed E-state index contributed by atoms with van der Waals surface area (Å²) >= 11 is 0. The van der Waals surface area contributed by atoms with Gasteiger partial charge in [0.1, 0.15) is 5.82 Å². The molecule has 0 unspecified atom stereocenters. The van der Waals surface area contributed by atoms with Gasteiger partial charge in [-0.2, -0.15) is 4.31 Å². The molecule has 1 amide bonds. The summed E-state index contributed by atoms with van der Waals surface area (Å²) in [4.78, 5) is 16.4. The first-order valence-corrected chi connectivity index (χ1v) is 10.2. The highest BCUT2D eigenvalue weighted by atomic mass is 32.2. The topological polar surface area (TPSA) is 79.4 Å². The number of aryl methyl sites for hydroxylation is 1. The van der Waals surface area contributed by atoms with E-state index in [1.165, 1.54) is 29.4 Å². The van der Waals surface area contributed by atoms with E-state index < -0.39 is 15.8 Å². The summed E-state index contributed by atoms with van der Waals surface area (Å²) in [5.74, 6) is -0.715. The van der Waals surface area contributed by atoms with Crippen LogP contribution in [0.15, 0.2) is 47.6 Å². The van der Waals surface area contributed by atoms with E-state index in [2.05, 4.69) is 10.3 Å². The Hall–Kier alpha value is -2.32. The van der Waals surface area contributed by atoms with Gasteiger partial charge in [0.15, 0.2) is 0 Å². The van der Waals surface area contributed by atoms with Gasteiger partial charge >= 0.3 is 0 Å². The summed E-state index contributed by atoms with van der Waals surface area (Å²) < 4.78 is 40.2. The maximum atomic E-state index is 13.4. The molecule has 8 heteroatoms. The number of pyridine rings is 1. The Morgan fingerprint density at radius 1 is 1.22 bits per heavy atom. The molecule has 0 spiro atoms. The van der Waals surface area contributed by atoms with Crippen molar-refractivity contribution in [3.63, 3.8) is 0 Å². The lowest BCUT2D eigenvalue weighted by Gasteiger charge is -2.30. The Bertz CT molecular complexity index is 911. The van der Waals surface area contributed by atoms with Crippen molar-refractivity contribution in [2.75, 3.05) is 13.1 Å². The minimum Gasteiger partial charge on any atom is -0.352 e. The van der Waals surface area contributed by atoms with Crippen LogP contribution in [-0.2, 0) is 21.4 Å². The highest BCUT2D eigenvalue weighted by molar-refractivity contribution is 7.89. The highest BCUT2D eigenvalue weighted by Gasteiger charge is 2.32. The number of hydrogen-bond donors (Lipinski definition) is 1. The van der Waals surface area contributed by atoms with Crippen molar-refractivity contribution in [1.29, 1.82) is 0 Å². The number of carbonyl (C=O) groups excluding carboxylic acids is 1. The monoisotopic (exact) mass is 391 g/mol. The number of halogens is 1. The van der Waals surface area contributed by atoms with E-state index in [4.69, 9.17) is 0 Å². The second-order valence-electron chi connectivity index (χ2n) is 6.66. The summed E-state index contributed by atoms with van der Waals surface area (Å²) in [5.41, 5.74) is 1.26. The molecule has 2 heterocycles. The largest absolute Gasteiger partial charge is 0.352 e. The van der Waals surface area contributed by atoms with E-state index in [-0.39, 0.29) is 29.8 Å². The lowest BCUT2D eigenvalue weighted by molar-refractivity contribution is -0.126. The van der Waals surface area contributed by atoms with Gasteiger partial charge in [0.25, 0.3) is 0 Å². The van der Waals surface area contributed by atoms with Crippen LogP contribution in [0.4, 0.5) is 4.39 Å². The number of sulfonamides is 1. The summed E-state index contributed by atoms with van der Waals surface area (Å²) in [7, 11) is -3.68. The van der Waals surface area contributed by atoms with Crippen LogP contribution in [0.1, 0.15) is 24.0 Å². The molecule has 1 aliphatic heterocycles. The molecule has 27 heavy (non-hydrogen) atoms. The second-order valence-corrected chi connectivity index (χ2v) is 8.60. The first-order valence-electron chi connectivity index (χ1n) is 8.81. The average molecular weight is 391 g/mol. The van der Waals surface area contributed by atoms with Gasteiger partial charge in [-0.1, -0.05) is 0 Å². The van der Waals surface area contributed by atoms with Crippen molar-refractivity contribution in [3.05, 3.63) is 59.7 Å². The number of benzene rings is 1.